The lowest BCUT2D eigenvalue weighted by Gasteiger charge is -2.10. The van der Waals surface area contributed by atoms with Crippen LogP contribution >= 0.6 is 34.8 Å². The molecule has 0 radical (unpaired) electrons. The predicted molar refractivity (Wildman–Crippen MR) is 94.7 cm³/mol. The van der Waals surface area contributed by atoms with Gasteiger partial charge in [0.1, 0.15) is 16.7 Å². The minimum absolute atomic E-state index is 0.00679. The molecule has 6 nitrogen and oxygen atoms in total. The largest absolute Gasteiger partial charge is 0.493 e. The molecule has 24 heavy (non-hydrogen) atoms. The van der Waals surface area contributed by atoms with Gasteiger partial charge < -0.3 is 9.47 Å². The van der Waals surface area contributed by atoms with Gasteiger partial charge in [-0.2, -0.15) is 10.4 Å². The molecule has 1 N–H and O–H groups in total. The summed E-state index contributed by atoms with van der Waals surface area (Å²) in [5.41, 5.74) is 3.31. The van der Waals surface area contributed by atoms with Gasteiger partial charge in [0, 0.05) is 5.56 Å². The molecule has 0 atom stereocenters. The van der Waals surface area contributed by atoms with Gasteiger partial charge in [0.2, 0.25) is 0 Å². The molecular formula is C15H11Cl3N4O2. The molecule has 0 aliphatic heterocycles. The maximum Gasteiger partial charge on any atom is 0.169 e. The predicted octanol–water partition coefficient (Wildman–Crippen LogP) is 4.38. The third-order valence-electron chi connectivity index (χ3n) is 2.96. The second-order valence-electron chi connectivity index (χ2n) is 4.32. The van der Waals surface area contributed by atoms with E-state index in [0.717, 1.165) is 0 Å². The molecule has 1 aromatic heterocycles. The molecule has 2 aromatic rings. The van der Waals surface area contributed by atoms with Crippen LogP contribution in [0.3, 0.4) is 0 Å². The molecule has 0 amide bonds. The maximum absolute atomic E-state index is 8.95. The van der Waals surface area contributed by atoms with Crippen molar-refractivity contribution in [1.82, 2.24) is 4.98 Å². The van der Waals surface area contributed by atoms with Crippen LogP contribution in [0.15, 0.2) is 23.3 Å². The van der Waals surface area contributed by atoms with Crippen LogP contribution in [-0.4, -0.2) is 25.4 Å². The van der Waals surface area contributed by atoms with Crippen LogP contribution in [0.5, 0.6) is 11.5 Å². The van der Waals surface area contributed by atoms with E-state index in [1.807, 2.05) is 6.07 Å². The van der Waals surface area contributed by atoms with E-state index in [1.165, 1.54) is 13.3 Å². The number of pyridine rings is 1. The zero-order chi connectivity index (χ0) is 17.7. The smallest absolute Gasteiger partial charge is 0.169 e. The number of anilines is 1. The summed E-state index contributed by atoms with van der Waals surface area (Å²) >= 11 is 17.9. The van der Waals surface area contributed by atoms with E-state index < -0.39 is 0 Å². The molecule has 2 rings (SSSR count). The first-order valence-corrected chi connectivity index (χ1v) is 7.61. The van der Waals surface area contributed by atoms with Gasteiger partial charge in [0.05, 0.1) is 25.5 Å². The summed E-state index contributed by atoms with van der Waals surface area (Å²) in [6.45, 7) is 0. The quantitative estimate of drug-likeness (QED) is 0.469. The normalized spacial score (nSPS) is 10.5. The topological polar surface area (TPSA) is 79.5 Å². The molecule has 0 unspecified atom stereocenters. The van der Waals surface area contributed by atoms with Gasteiger partial charge in [0.15, 0.2) is 22.5 Å². The van der Waals surface area contributed by atoms with Crippen LogP contribution < -0.4 is 14.9 Å². The van der Waals surface area contributed by atoms with E-state index >= 15 is 0 Å². The zero-order valence-electron chi connectivity index (χ0n) is 12.6. The number of hydrogen-bond donors (Lipinski definition) is 1. The molecule has 0 spiro atoms. The SMILES string of the molecule is COc1cccc(/C=N\Nc2nc(Cl)c(C#N)c(Cl)c2Cl)c1OC. The molecule has 0 aliphatic rings. The van der Waals surface area contributed by atoms with Gasteiger partial charge >= 0.3 is 0 Å². The Labute approximate surface area is 153 Å². The van der Waals surface area contributed by atoms with E-state index in [4.69, 9.17) is 49.5 Å². The molecule has 0 fully saturated rings. The number of aromatic nitrogens is 1. The third-order valence-corrected chi connectivity index (χ3v) is 4.07. The minimum Gasteiger partial charge on any atom is -0.493 e. The number of benzene rings is 1. The number of rotatable bonds is 5. The second-order valence-corrected chi connectivity index (χ2v) is 5.43. The number of nitriles is 1. The van der Waals surface area contributed by atoms with Crippen LogP contribution in [-0.2, 0) is 0 Å². The highest BCUT2D eigenvalue weighted by atomic mass is 35.5. The van der Waals surface area contributed by atoms with Crippen molar-refractivity contribution in [3.63, 3.8) is 0 Å². The maximum atomic E-state index is 8.95. The Morgan fingerprint density at radius 1 is 1.21 bits per heavy atom. The van der Waals surface area contributed by atoms with E-state index in [-0.39, 0.29) is 26.6 Å². The Kier molecular flexibility index (Phi) is 6.10. The van der Waals surface area contributed by atoms with Crippen molar-refractivity contribution in [3.05, 3.63) is 44.5 Å². The summed E-state index contributed by atoms with van der Waals surface area (Å²) in [7, 11) is 3.07. The number of hydrogen-bond acceptors (Lipinski definition) is 6. The summed E-state index contributed by atoms with van der Waals surface area (Å²) in [5.74, 6) is 1.23. The van der Waals surface area contributed by atoms with Crippen molar-refractivity contribution in [2.45, 2.75) is 0 Å². The Balaban J connectivity index is 2.30. The Morgan fingerprint density at radius 2 is 1.96 bits per heavy atom. The monoisotopic (exact) mass is 384 g/mol. The van der Waals surface area contributed by atoms with Gasteiger partial charge in [0.25, 0.3) is 0 Å². The molecule has 9 heteroatoms. The lowest BCUT2D eigenvalue weighted by molar-refractivity contribution is 0.354. The van der Waals surface area contributed by atoms with E-state index in [0.29, 0.717) is 17.1 Å². The van der Waals surface area contributed by atoms with Crippen molar-refractivity contribution in [3.8, 4) is 17.6 Å². The molecule has 0 aliphatic carbocycles. The molecule has 0 bridgehead atoms. The fourth-order valence-corrected chi connectivity index (χ4v) is 2.52. The Bertz CT molecular complexity index is 834. The molecule has 124 valence electrons. The second kappa shape index (κ2) is 8.06. The molecular weight excluding hydrogens is 375 g/mol. The van der Waals surface area contributed by atoms with Crippen molar-refractivity contribution < 1.29 is 9.47 Å². The van der Waals surface area contributed by atoms with Crippen molar-refractivity contribution in [1.29, 1.82) is 5.26 Å². The lowest BCUT2D eigenvalue weighted by atomic mass is 10.2. The fraction of sp³-hybridized carbons (Fsp3) is 0.133. The van der Waals surface area contributed by atoms with Crippen LogP contribution in [0.1, 0.15) is 11.1 Å². The van der Waals surface area contributed by atoms with Crippen molar-refractivity contribution in [2.75, 3.05) is 19.6 Å². The van der Waals surface area contributed by atoms with Gasteiger partial charge in [-0.1, -0.05) is 40.9 Å². The standard InChI is InChI=1S/C15H11Cl3N4O2/c1-23-10-5-3-4-8(13(10)24-2)7-20-22-15-12(17)11(16)9(6-19)14(18)21-15/h3-5,7H,1-2H3,(H,21,22)/b20-7-. The summed E-state index contributed by atoms with van der Waals surface area (Å²) in [6.07, 6.45) is 1.50. The summed E-state index contributed by atoms with van der Waals surface area (Å²) in [4.78, 5) is 3.96. The highest BCUT2D eigenvalue weighted by Gasteiger charge is 2.16. The van der Waals surface area contributed by atoms with Crippen molar-refractivity contribution >= 4 is 46.8 Å². The van der Waals surface area contributed by atoms with Gasteiger partial charge in [-0.3, -0.25) is 5.43 Å². The van der Waals surface area contributed by atoms with Crippen molar-refractivity contribution in [2.24, 2.45) is 5.10 Å². The number of nitrogens with one attached hydrogen (secondary N) is 1. The van der Waals surface area contributed by atoms with Crippen LogP contribution in [0.4, 0.5) is 5.82 Å². The molecule has 1 heterocycles. The average molecular weight is 386 g/mol. The van der Waals surface area contributed by atoms with E-state index in [2.05, 4.69) is 15.5 Å². The number of nitrogens with zero attached hydrogens (tertiary/aromatic N) is 3. The Morgan fingerprint density at radius 3 is 2.58 bits per heavy atom. The number of halogens is 3. The zero-order valence-corrected chi connectivity index (χ0v) is 14.9. The number of para-hydroxylation sites is 1. The molecule has 0 saturated carbocycles. The van der Waals surface area contributed by atoms with Crippen LogP contribution in [0.25, 0.3) is 0 Å². The van der Waals surface area contributed by atoms with E-state index in [9.17, 15) is 0 Å². The van der Waals surface area contributed by atoms with Gasteiger partial charge in [-0.25, -0.2) is 4.98 Å². The number of ether oxygens (including phenoxy) is 2. The van der Waals surface area contributed by atoms with E-state index in [1.54, 1.807) is 25.3 Å². The molecule has 0 saturated heterocycles. The first-order valence-electron chi connectivity index (χ1n) is 6.48. The minimum atomic E-state index is -0.0661. The van der Waals surface area contributed by atoms with Crippen LogP contribution in [0, 0.1) is 11.3 Å². The average Bonchev–Trinajstić information content (AvgIpc) is 2.59. The fourth-order valence-electron chi connectivity index (χ4n) is 1.85. The number of methoxy groups -OCH3 is 2. The first-order chi connectivity index (χ1) is 11.5. The highest BCUT2D eigenvalue weighted by Crippen LogP contribution is 2.35. The van der Waals surface area contributed by atoms with Gasteiger partial charge in [-0.05, 0) is 12.1 Å². The molecule has 1 aromatic carbocycles. The highest BCUT2D eigenvalue weighted by molar-refractivity contribution is 6.45. The lowest BCUT2D eigenvalue weighted by Crippen LogP contribution is -1.99. The summed E-state index contributed by atoms with van der Waals surface area (Å²) in [6, 6.07) is 7.19. The van der Waals surface area contributed by atoms with Gasteiger partial charge in [-0.15, -0.1) is 0 Å². The van der Waals surface area contributed by atoms with Crippen LogP contribution in [0.2, 0.25) is 15.2 Å². The number of hydrazone groups is 1. The summed E-state index contributed by atoms with van der Waals surface area (Å²) < 4.78 is 10.5. The summed E-state index contributed by atoms with van der Waals surface area (Å²) in [5, 5.41) is 13.0. The third kappa shape index (κ3) is 3.65. The Hall–Kier alpha value is -2.20. The first kappa shape index (κ1) is 18.1.